The summed E-state index contributed by atoms with van der Waals surface area (Å²) in [6, 6.07) is 5.84. The number of alkyl halides is 3. The van der Waals surface area contributed by atoms with Crippen molar-refractivity contribution in [2.75, 3.05) is 13.7 Å². The molecule has 0 bridgehead atoms. The predicted octanol–water partition coefficient (Wildman–Crippen LogP) is 3.11. The third-order valence-electron chi connectivity index (χ3n) is 2.56. The van der Waals surface area contributed by atoms with Gasteiger partial charge in [0.05, 0.1) is 13.0 Å². The van der Waals surface area contributed by atoms with Crippen LogP contribution in [0.25, 0.3) is 0 Å². The average Bonchev–Trinajstić information content (AvgIpc) is 2.29. The summed E-state index contributed by atoms with van der Waals surface area (Å²) >= 11 is 0. The SMILES string of the molecule is COc1ccc(C(CCCO)C(F)(F)F)cc1. The van der Waals surface area contributed by atoms with Gasteiger partial charge in [-0.15, -0.1) is 0 Å². The summed E-state index contributed by atoms with van der Waals surface area (Å²) in [6.45, 7) is -0.233. The van der Waals surface area contributed by atoms with Gasteiger partial charge in [0.2, 0.25) is 0 Å². The van der Waals surface area contributed by atoms with E-state index >= 15 is 0 Å². The van der Waals surface area contributed by atoms with Crippen LogP contribution in [0.15, 0.2) is 24.3 Å². The molecule has 1 aromatic carbocycles. The minimum absolute atomic E-state index is 0.105. The number of halogens is 3. The first-order valence-electron chi connectivity index (χ1n) is 5.30. The lowest BCUT2D eigenvalue weighted by molar-refractivity contribution is -0.152. The van der Waals surface area contributed by atoms with E-state index in [1.165, 1.54) is 31.4 Å². The minimum Gasteiger partial charge on any atom is -0.497 e. The second-order valence-electron chi connectivity index (χ2n) is 3.73. The molecular weight excluding hydrogens is 233 g/mol. The molecule has 0 heterocycles. The highest BCUT2D eigenvalue weighted by atomic mass is 19.4. The summed E-state index contributed by atoms with van der Waals surface area (Å²) in [5, 5.41) is 8.62. The van der Waals surface area contributed by atoms with E-state index in [1.54, 1.807) is 0 Å². The molecule has 1 aromatic rings. The Bertz CT molecular complexity index is 333. The smallest absolute Gasteiger partial charge is 0.395 e. The first-order chi connectivity index (χ1) is 7.99. The van der Waals surface area contributed by atoms with E-state index in [0.29, 0.717) is 5.75 Å². The Kier molecular flexibility index (Phi) is 4.81. The summed E-state index contributed by atoms with van der Waals surface area (Å²) in [7, 11) is 1.46. The van der Waals surface area contributed by atoms with E-state index in [1.807, 2.05) is 0 Å². The van der Waals surface area contributed by atoms with Gasteiger partial charge in [-0.25, -0.2) is 0 Å². The highest BCUT2D eigenvalue weighted by molar-refractivity contribution is 5.30. The van der Waals surface area contributed by atoms with Crippen molar-refractivity contribution in [1.29, 1.82) is 0 Å². The fraction of sp³-hybridized carbons (Fsp3) is 0.500. The van der Waals surface area contributed by atoms with Crippen molar-refractivity contribution in [3.05, 3.63) is 29.8 Å². The van der Waals surface area contributed by atoms with E-state index in [4.69, 9.17) is 9.84 Å². The number of hydrogen-bond acceptors (Lipinski definition) is 2. The lowest BCUT2D eigenvalue weighted by Crippen LogP contribution is -2.21. The van der Waals surface area contributed by atoms with Gasteiger partial charge in [0.15, 0.2) is 0 Å². The van der Waals surface area contributed by atoms with Crippen LogP contribution in [-0.4, -0.2) is 25.0 Å². The van der Waals surface area contributed by atoms with Crippen molar-refractivity contribution in [2.45, 2.75) is 24.9 Å². The number of methoxy groups -OCH3 is 1. The monoisotopic (exact) mass is 248 g/mol. The van der Waals surface area contributed by atoms with E-state index in [0.717, 1.165) is 0 Å². The Labute approximate surface area is 98.0 Å². The van der Waals surface area contributed by atoms with Crippen LogP contribution in [-0.2, 0) is 0 Å². The van der Waals surface area contributed by atoms with E-state index in [2.05, 4.69) is 0 Å². The molecule has 0 fully saturated rings. The lowest BCUT2D eigenvalue weighted by atomic mass is 9.94. The zero-order chi connectivity index (χ0) is 12.9. The van der Waals surface area contributed by atoms with Crippen LogP contribution in [0, 0.1) is 0 Å². The summed E-state index contributed by atoms with van der Waals surface area (Å²) in [5.74, 6) is -1.00. The normalized spacial score (nSPS) is 13.5. The quantitative estimate of drug-likeness (QED) is 0.867. The van der Waals surface area contributed by atoms with Gasteiger partial charge in [-0.3, -0.25) is 0 Å². The third-order valence-corrected chi connectivity index (χ3v) is 2.56. The second-order valence-corrected chi connectivity index (χ2v) is 3.73. The lowest BCUT2D eigenvalue weighted by Gasteiger charge is -2.20. The highest BCUT2D eigenvalue weighted by Gasteiger charge is 2.39. The van der Waals surface area contributed by atoms with Crippen LogP contribution in [0.3, 0.4) is 0 Å². The Balaban J connectivity index is 2.88. The van der Waals surface area contributed by atoms with Crippen molar-refractivity contribution in [2.24, 2.45) is 0 Å². The number of benzene rings is 1. The molecule has 1 N–H and O–H groups in total. The van der Waals surface area contributed by atoms with Gasteiger partial charge < -0.3 is 9.84 Å². The number of aliphatic hydroxyl groups excluding tert-OH is 1. The number of aliphatic hydroxyl groups is 1. The van der Waals surface area contributed by atoms with Crippen molar-refractivity contribution >= 4 is 0 Å². The number of rotatable bonds is 5. The molecule has 0 amide bonds. The molecule has 0 saturated carbocycles. The first-order valence-corrected chi connectivity index (χ1v) is 5.30. The van der Waals surface area contributed by atoms with E-state index < -0.39 is 12.1 Å². The molecule has 1 unspecified atom stereocenters. The van der Waals surface area contributed by atoms with Crippen LogP contribution in [0.5, 0.6) is 5.75 Å². The zero-order valence-electron chi connectivity index (χ0n) is 9.50. The molecular formula is C12H15F3O2. The molecule has 96 valence electrons. The Morgan fingerprint density at radius 2 is 1.82 bits per heavy atom. The topological polar surface area (TPSA) is 29.5 Å². The summed E-state index contributed by atoms with van der Waals surface area (Å²) in [4.78, 5) is 0. The zero-order valence-corrected chi connectivity index (χ0v) is 9.50. The van der Waals surface area contributed by atoms with Crippen LogP contribution in [0.2, 0.25) is 0 Å². The number of hydrogen-bond donors (Lipinski definition) is 1. The van der Waals surface area contributed by atoms with Gasteiger partial charge in [0.1, 0.15) is 5.75 Å². The standard InChI is InChI=1S/C12H15F3O2/c1-17-10-6-4-9(5-7-10)11(3-2-8-16)12(13,14)15/h4-7,11,16H,2-3,8H2,1H3. The van der Waals surface area contributed by atoms with Crippen molar-refractivity contribution in [1.82, 2.24) is 0 Å². The molecule has 2 nitrogen and oxygen atoms in total. The van der Waals surface area contributed by atoms with Crippen molar-refractivity contribution < 1.29 is 23.0 Å². The van der Waals surface area contributed by atoms with Gasteiger partial charge in [0.25, 0.3) is 0 Å². The molecule has 0 radical (unpaired) electrons. The molecule has 17 heavy (non-hydrogen) atoms. The molecule has 0 spiro atoms. The summed E-state index contributed by atoms with van der Waals surface area (Å²) in [5.41, 5.74) is 0.201. The van der Waals surface area contributed by atoms with Crippen LogP contribution >= 0.6 is 0 Å². The van der Waals surface area contributed by atoms with Gasteiger partial charge >= 0.3 is 6.18 Å². The van der Waals surface area contributed by atoms with Gasteiger partial charge in [-0.2, -0.15) is 13.2 Å². The van der Waals surface area contributed by atoms with E-state index in [-0.39, 0.29) is 25.0 Å². The third kappa shape index (κ3) is 3.93. The predicted molar refractivity (Wildman–Crippen MR) is 58.1 cm³/mol. The molecule has 1 rings (SSSR count). The van der Waals surface area contributed by atoms with E-state index in [9.17, 15) is 13.2 Å². The maximum Gasteiger partial charge on any atom is 0.395 e. The largest absolute Gasteiger partial charge is 0.497 e. The summed E-state index contributed by atoms with van der Waals surface area (Å²) < 4.78 is 43.3. The summed E-state index contributed by atoms with van der Waals surface area (Å²) in [6.07, 6.45) is -4.26. The number of ether oxygens (including phenoxy) is 1. The molecule has 0 saturated heterocycles. The average molecular weight is 248 g/mol. The molecule has 0 aliphatic heterocycles. The maximum absolute atomic E-state index is 12.8. The van der Waals surface area contributed by atoms with Crippen LogP contribution in [0.1, 0.15) is 24.3 Å². The minimum atomic E-state index is -4.29. The molecule has 0 aliphatic carbocycles. The fourth-order valence-electron chi connectivity index (χ4n) is 1.65. The van der Waals surface area contributed by atoms with Gasteiger partial charge in [-0.05, 0) is 30.5 Å². The molecule has 1 atom stereocenters. The molecule has 5 heteroatoms. The Hall–Kier alpha value is -1.23. The maximum atomic E-state index is 12.8. The molecule has 0 aliphatic rings. The Morgan fingerprint density at radius 1 is 1.24 bits per heavy atom. The Morgan fingerprint density at radius 3 is 2.24 bits per heavy atom. The molecule has 0 aromatic heterocycles. The second kappa shape index (κ2) is 5.91. The first kappa shape index (κ1) is 13.8. The van der Waals surface area contributed by atoms with Crippen LogP contribution < -0.4 is 4.74 Å². The van der Waals surface area contributed by atoms with Crippen molar-refractivity contribution in [3.8, 4) is 5.75 Å². The van der Waals surface area contributed by atoms with Gasteiger partial charge in [0, 0.05) is 6.61 Å². The van der Waals surface area contributed by atoms with Gasteiger partial charge in [-0.1, -0.05) is 12.1 Å². The van der Waals surface area contributed by atoms with Crippen LogP contribution in [0.4, 0.5) is 13.2 Å². The fourth-order valence-corrected chi connectivity index (χ4v) is 1.65. The van der Waals surface area contributed by atoms with Crippen molar-refractivity contribution in [3.63, 3.8) is 0 Å². The highest BCUT2D eigenvalue weighted by Crippen LogP contribution is 2.38.